The van der Waals surface area contributed by atoms with Crippen LogP contribution in [0, 0.1) is 11.3 Å². The van der Waals surface area contributed by atoms with Crippen LogP contribution in [0.3, 0.4) is 0 Å². The minimum absolute atomic E-state index is 0.149. The molecular formula is C21H18ClN5OS. The highest BCUT2D eigenvalue weighted by Crippen LogP contribution is 2.25. The molecule has 0 spiro atoms. The van der Waals surface area contributed by atoms with E-state index >= 15 is 0 Å². The molecule has 2 aromatic carbocycles. The predicted octanol–water partition coefficient (Wildman–Crippen LogP) is 4.58. The minimum atomic E-state index is -0.149. The quantitative estimate of drug-likeness (QED) is 0.423. The second kappa shape index (κ2) is 9.92. The van der Waals surface area contributed by atoms with E-state index in [2.05, 4.69) is 28.2 Å². The van der Waals surface area contributed by atoms with Crippen LogP contribution in [0.2, 0.25) is 5.02 Å². The number of nitriles is 1. The Labute approximate surface area is 178 Å². The first-order chi connectivity index (χ1) is 14.1. The van der Waals surface area contributed by atoms with E-state index in [-0.39, 0.29) is 11.7 Å². The summed E-state index contributed by atoms with van der Waals surface area (Å²) in [6.07, 6.45) is 2.11. The number of amides is 1. The summed E-state index contributed by atoms with van der Waals surface area (Å²) in [5, 5.41) is 21.3. The molecule has 0 aliphatic heterocycles. The summed E-state index contributed by atoms with van der Waals surface area (Å²) in [4.78, 5) is 12.3. The molecule has 0 unspecified atom stereocenters. The van der Waals surface area contributed by atoms with Gasteiger partial charge in [0, 0.05) is 22.8 Å². The van der Waals surface area contributed by atoms with Gasteiger partial charge in [0.05, 0.1) is 18.2 Å². The van der Waals surface area contributed by atoms with Crippen molar-refractivity contribution < 1.29 is 4.79 Å². The molecule has 1 aromatic heterocycles. The summed E-state index contributed by atoms with van der Waals surface area (Å²) in [6.45, 7) is 4.31. The number of carbonyl (C=O) groups excluding carboxylic acids is 1. The first-order valence-electron chi connectivity index (χ1n) is 8.79. The molecule has 0 aliphatic rings. The fourth-order valence-electron chi connectivity index (χ4n) is 2.63. The van der Waals surface area contributed by atoms with E-state index in [0.717, 1.165) is 11.1 Å². The number of nitrogens with one attached hydrogen (secondary N) is 1. The lowest BCUT2D eigenvalue weighted by atomic mass is 10.1. The van der Waals surface area contributed by atoms with Crippen LogP contribution in [0.4, 0.5) is 5.69 Å². The van der Waals surface area contributed by atoms with Gasteiger partial charge in [0.25, 0.3) is 0 Å². The van der Waals surface area contributed by atoms with Crippen molar-refractivity contribution in [2.45, 2.75) is 18.1 Å². The van der Waals surface area contributed by atoms with E-state index in [0.29, 0.717) is 34.7 Å². The maximum absolute atomic E-state index is 12.3. The maximum atomic E-state index is 12.3. The molecule has 0 aliphatic carbocycles. The highest BCUT2D eigenvalue weighted by Gasteiger charge is 2.15. The van der Waals surface area contributed by atoms with Crippen LogP contribution in [0.1, 0.15) is 5.56 Å². The zero-order chi connectivity index (χ0) is 20.6. The number of thioether (sulfide) groups is 1. The van der Waals surface area contributed by atoms with Crippen LogP contribution in [-0.2, 0) is 17.8 Å². The van der Waals surface area contributed by atoms with Gasteiger partial charge in [0.2, 0.25) is 5.91 Å². The van der Waals surface area contributed by atoms with E-state index in [9.17, 15) is 4.79 Å². The van der Waals surface area contributed by atoms with Crippen LogP contribution >= 0.6 is 23.4 Å². The third kappa shape index (κ3) is 5.47. The van der Waals surface area contributed by atoms with Crippen molar-refractivity contribution >= 4 is 35.0 Å². The fourth-order valence-corrected chi connectivity index (χ4v) is 3.50. The zero-order valence-corrected chi connectivity index (χ0v) is 17.1. The Kier molecular flexibility index (Phi) is 7.06. The molecule has 3 rings (SSSR count). The van der Waals surface area contributed by atoms with Crippen molar-refractivity contribution in [2.75, 3.05) is 11.1 Å². The Bertz CT molecular complexity index is 1040. The first kappa shape index (κ1) is 20.6. The lowest BCUT2D eigenvalue weighted by Crippen LogP contribution is -2.14. The molecule has 1 heterocycles. The third-order valence-electron chi connectivity index (χ3n) is 3.98. The van der Waals surface area contributed by atoms with E-state index in [1.807, 2.05) is 28.8 Å². The molecule has 0 radical (unpaired) electrons. The topological polar surface area (TPSA) is 83.6 Å². The van der Waals surface area contributed by atoms with Crippen LogP contribution in [0.15, 0.2) is 66.3 Å². The number of carbonyl (C=O) groups is 1. The highest BCUT2D eigenvalue weighted by atomic mass is 35.5. The normalized spacial score (nSPS) is 10.3. The molecule has 0 bridgehead atoms. The highest BCUT2D eigenvalue weighted by molar-refractivity contribution is 7.99. The molecule has 0 atom stereocenters. The Balaban J connectivity index is 1.66. The number of rotatable bonds is 8. The maximum Gasteiger partial charge on any atom is 0.234 e. The van der Waals surface area contributed by atoms with Gasteiger partial charge in [-0.15, -0.1) is 16.8 Å². The van der Waals surface area contributed by atoms with Gasteiger partial charge in [0.1, 0.15) is 0 Å². The number of hydrogen-bond donors (Lipinski definition) is 1. The fraction of sp³-hybridized carbons (Fsp3) is 0.143. The van der Waals surface area contributed by atoms with Gasteiger partial charge in [-0.1, -0.05) is 41.6 Å². The summed E-state index contributed by atoms with van der Waals surface area (Å²) < 4.78 is 1.91. The minimum Gasteiger partial charge on any atom is -0.325 e. The van der Waals surface area contributed by atoms with Gasteiger partial charge in [0.15, 0.2) is 11.0 Å². The number of benzene rings is 2. The van der Waals surface area contributed by atoms with E-state index < -0.39 is 0 Å². The smallest absolute Gasteiger partial charge is 0.234 e. The summed E-state index contributed by atoms with van der Waals surface area (Å²) >= 11 is 7.26. The largest absolute Gasteiger partial charge is 0.325 e. The summed E-state index contributed by atoms with van der Waals surface area (Å²) in [5.41, 5.74) is 2.48. The van der Waals surface area contributed by atoms with Crippen LogP contribution < -0.4 is 5.32 Å². The molecule has 0 fully saturated rings. The summed E-state index contributed by atoms with van der Waals surface area (Å²) in [7, 11) is 0. The Morgan fingerprint density at radius 2 is 1.93 bits per heavy atom. The van der Waals surface area contributed by atoms with Gasteiger partial charge in [-0.2, -0.15) is 5.26 Å². The average Bonchev–Trinajstić information content (AvgIpc) is 3.12. The van der Waals surface area contributed by atoms with E-state index in [1.165, 1.54) is 11.8 Å². The van der Waals surface area contributed by atoms with E-state index in [1.54, 1.807) is 30.3 Å². The average molecular weight is 424 g/mol. The molecule has 146 valence electrons. The van der Waals surface area contributed by atoms with Crippen LogP contribution in [0.5, 0.6) is 0 Å². The number of anilines is 1. The summed E-state index contributed by atoms with van der Waals surface area (Å²) in [5.74, 6) is 0.734. The zero-order valence-electron chi connectivity index (χ0n) is 15.5. The molecular weight excluding hydrogens is 406 g/mol. The monoisotopic (exact) mass is 423 g/mol. The third-order valence-corrected chi connectivity index (χ3v) is 5.20. The van der Waals surface area contributed by atoms with Gasteiger partial charge in [-0.3, -0.25) is 9.36 Å². The lowest BCUT2D eigenvalue weighted by Gasteiger charge is -2.08. The SMILES string of the molecule is C=CCn1c(SCC(=O)Nc2ccc(CC#N)cc2)nnc1-c1ccc(Cl)cc1. The molecule has 0 saturated heterocycles. The number of halogens is 1. The molecule has 0 saturated carbocycles. The van der Waals surface area contributed by atoms with Crippen molar-refractivity contribution in [3.05, 3.63) is 71.8 Å². The molecule has 6 nitrogen and oxygen atoms in total. The Morgan fingerprint density at radius 3 is 2.59 bits per heavy atom. The predicted molar refractivity (Wildman–Crippen MR) is 116 cm³/mol. The second-order valence-corrected chi connectivity index (χ2v) is 7.46. The van der Waals surface area contributed by atoms with Gasteiger partial charge >= 0.3 is 0 Å². The number of nitrogens with zero attached hydrogens (tertiary/aromatic N) is 4. The molecule has 1 N–H and O–H groups in total. The first-order valence-corrected chi connectivity index (χ1v) is 10.2. The standard InChI is InChI=1S/C21H18ClN5OS/c1-2-13-27-20(16-5-7-17(22)8-6-16)25-26-21(27)29-14-19(28)24-18-9-3-15(4-10-18)11-12-23/h2-10H,1,11,13-14H2,(H,24,28). The second-order valence-electron chi connectivity index (χ2n) is 6.08. The van der Waals surface area contributed by atoms with Gasteiger partial charge < -0.3 is 5.32 Å². The molecule has 8 heteroatoms. The van der Waals surface area contributed by atoms with E-state index in [4.69, 9.17) is 16.9 Å². The number of allylic oxidation sites excluding steroid dienone is 1. The Hall–Kier alpha value is -3.08. The van der Waals surface area contributed by atoms with Crippen LogP contribution in [0.25, 0.3) is 11.4 Å². The molecule has 1 amide bonds. The van der Waals surface area contributed by atoms with Gasteiger partial charge in [-0.05, 0) is 42.0 Å². The van der Waals surface area contributed by atoms with Crippen molar-refractivity contribution in [1.29, 1.82) is 5.26 Å². The lowest BCUT2D eigenvalue weighted by molar-refractivity contribution is -0.113. The van der Waals surface area contributed by atoms with Crippen molar-refractivity contribution in [1.82, 2.24) is 14.8 Å². The van der Waals surface area contributed by atoms with Crippen molar-refractivity contribution in [2.24, 2.45) is 0 Å². The number of aromatic nitrogens is 3. The van der Waals surface area contributed by atoms with Crippen LogP contribution in [-0.4, -0.2) is 26.4 Å². The summed E-state index contributed by atoms with van der Waals surface area (Å²) in [6, 6.07) is 16.7. The molecule has 29 heavy (non-hydrogen) atoms. The van der Waals surface area contributed by atoms with Crippen molar-refractivity contribution in [3.63, 3.8) is 0 Å². The van der Waals surface area contributed by atoms with Crippen molar-refractivity contribution in [3.8, 4) is 17.5 Å². The van der Waals surface area contributed by atoms with Gasteiger partial charge in [-0.25, -0.2) is 0 Å². The number of hydrogen-bond acceptors (Lipinski definition) is 5. The Morgan fingerprint density at radius 1 is 1.21 bits per heavy atom. The molecule has 3 aromatic rings.